The third kappa shape index (κ3) is 1.79. The van der Waals surface area contributed by atoms with Crippen LogP contribution in [-0.2, 0) is 4.79 Å². The van der Waals surface area contributed by atoms with Crippen LogP contribution in [0.4, 0.5) is 0 Å². The molecule has 0 amide bonds. The fraction of sp³-hybridized carbons (Fsp3) is 0.900. The van der Waals surface area contributed by atoms with E-state index in [-0.39, 0.29) is 0 Å². The van der Waals surface area contributed by atoms with Crippen LogP contribution in [0.2, 0.25) is 0 Å². The highest BCUT2D eigenvalue weighted by Crippen LogP contribution is 2.40. The topological polar surface area (TPSA) is 37.3 Å². The molecule has 0 spiro atoms. The van der Waals surface area contributed by atoms with E-state index in [0.29, 0.717) is 5.92 Å². The predicted molar refractivity (Wildman–Crippen MR) is 48.0 cm³/mol. The Hall–Kier alpha value is -0.530. The van der Waals surface area contributed by atoms with Crippen LogP contribution in [0.5, 0.6) is 0 Å². The quantitative estimate of drug-likeness (QED) is 0.691. The Morgan fingerprint density at radius 1 is 1.67 bits per heavy atom. The molecule has 1 fully saturated rings. The van der Waals surface area contributed by atoms with Crippen LogP contribution < -0.4 is 0 Å². The van der Waals surface area contributed by atoms with Crippen LogP contribution >= 0.6 is 0 Å². The van der Waals surface area contributed by atoms with E-state index in [1.54, 1.807) is 0 Å². The molecule has 0 heterocycles. The predicted octanol–water partition coefficient (Wildman–Crippen LogP) is 2.68. The van der Waals surface area contributed by atoms with Crippen LogP contribution in [-0.4, -0.2) is 11.1 Å². The lowest BCUT2D eigenvalue weighted by atomic mass is 9.70. The molecule has 0 bridgehead atoms. The number of carbonyl (C=O) groups is 1. The second kappa shape index (κ2) is 3.46. The molecule has 0 aromatic heterocycles. The van der Waals surface area contributed by atoms with Crippen LogP contribution in [0.25, 0.3) is 0 Å². The van der Waals surface area contributed by atoms with E-state index in [1.165, 1.54) is 6.42 Å². The Morgan fingerprint density at radius 3 is 2.83 bits per heavy atom. The van der Waals surface area contributed by atoms with Crippen molar-refractivity contribution < 1.29 is 9.90 Å². The SMILES string of the molecule is CC[C@@H]1CCC[C@](C)(C(=O)O)C1. The van der Waals surface area contributed by atoms with E-state index in [9.17, 15) is 4.79 Å². The Bertz CT molecular complexity index is 177. The van der Waals surface area contributed by atoms with E-state index < -0.39 is 11.4 Å². The smallest absolute Gasteiger partial charge is 0.309 e. The number of carboxylic acid groups (broad SMARTS) is 1. The molecule has 1 saturated carbocycles. The number of carboxylic acids is 1. The highest BCUT2D eigenvalue weighted by atomic mass is 16.4. The molecule has 1 aliphatic carbocycles. The van der Waals surface area contributed by atoms with Crippen LogP contribution in [0.15, 0.2) is 0 Å². The monoisotopic (exact) mass is 170 g/mol. The van der Waals surface area contributed by atoms with Crippen molar-refractivity contribution in [3.05, 3.63) is 0 Å². The summed E-state index contributed by atoms with van der Waals surface area (Å²) < 4.78 is 0. The first kappa shape index (κ1) is 9.56. The van der Waals surface area contributed by atoms with Crippen molar-refractivity contribution in [1.82, 2.24) is 0 Å². The molecule has 0 radical (unpaired) electrons. The normalized spacial score (nSPS) is 36.3. The zero-order valence-electron chi connectivity index (χ0n) is 7.97. The first-order chi connectivity index (χ1) is 5.58. The van der Waals surface area contributed by atoms with Crippen molar-refractivity contribution in [3.63, 3.8) is 0 Å². The first-order valence-electron chi connectivity index (χ1n) is 4.82. The molecule has 1 N–H and O–H groups in total. The lowest BCUT2D eigenvalue weighted by Crippen LogP contribution is -2.33. The summed E-state index contributed by atoms with van der Waals surface area (Å²) in [5, 5.41) is 9.01. The van der Waals surface area contributed by atoms with Crippen molar-refractivity contribution in [2.24, 2.45) is 11.3 Å². The van der Waals surface area contributed by atoms with Gasteiger partial charge in [0, 0.05) is 0 Å². The Balaban J connectivity index is 2.61. The Morgan fingerprint density at radius 2 is 2.33 bits per heavy atom. The second-order valence-corrected chi connectivity index (χ2v) is 4.24. The molecule has 2 nitrogen and oxygen atoms in total. The third-order valence-electron chi connectivity index (χ3n) is 3.17. The van der Waals surface area contributed by atoms with Gasteiger partial charge in [0.05, 0.1) is 5.41 Å². The minimum absolute atomic E-state index is 0.432. The molecule has 0 aromatic carbocycles. The van der Waals surface area contributed by atoms with E-state index in [0.717, 1.165) is 25.7 Å². The van der Waals surface area contributed by atoms with Crippen LogP contribution in [0, 0.1) is 11.3 Å². The van der Waals surface area contributed by atoms with Gasteiger partial charge in [0.2, 0.25) is 0 Å². The molecule has 2 heteroatoms. The zero-order chi connectivity index (χ0) is 9.19. The molecule has 12 heavy (non-hydrogen) atoms. The van der Waals surface area contributed by atoms with Crippen molar-refractivity contribution in [3.8, 4) is 0 Å². The van der Waals surface area contributed by atoms with Gasteiger partial charge < -0.3 is 5.11 Å². The minimum Gasteiger partial charge on any atom is -0.481 e. The number of rotatable bonds is 2. The maximum Gasteiger partial charge on any atom is 0.309 e. The molecule has 1 aliphatic rings. The van der Waals surface area contributed by atoms with Crippen molar-refractivity contribution >= 4 is 5.97 Å². The van der Waals surface area contributed by atoms with Crippen LogP contribution in [0.1, 0.15) is 46.0 Å². The highest BCUT2D eigenvalue weighted by Gasteiger charge is 2.37. The van der Waals surface area contributed by atoms with E-state index in [2.05, 4.69) is 6.92 Å². The van der Waals surface area contributed by atoms with Gasteiger partial charge in [-0.05, 0) is 25.7 Å². The molecular weight excluding hydrogens is 152 g/mol. The molecule has 0 aromatic rings. The molecular formula is C10H18O2. The summed E-state index contributed by atoms with van der Waals surface area (Å²) in [6.45, 7) is 4.04. The van der Waals surface area contributed by atoms with Crippen molar-refractivity contribution in [2.45, 2.75) is 46.0 Å². The summed E-state index contributed by atoms with van der Waals surface area (Å²) >= 11 is 0. The minimum atomic E-state index is -0.611. The number of hydrogen-bond acceptors (Lipinski definition) is 1. The first-order valence-corrected chi connectivity index (χ1v) is 4.82. The Labute approximate surface area is 74.0 Å². The highest BCUT2D eigenvalue weighted by molar-refractivity contribution is 5.74. The van der Waals surface area contributed by atoms with Gasteiger partial charge >= 0.3 is 5.97 Å². The largest absolute Gasteiger partial charge is 0.481 e. The summed E-state index contributed by atoms with van der Waals surface area (Å²) in [7, 11) is 0. The van der Waals surface area contributed by atoms with Gasteiger partial charge in [0.15, 0.2) is 0 Å². The van der Waals surface area contributed by atoms with Gasteiger partial charge in [-0.3, -0.25) is 4.79 Å². The summed E-state index contributed by atoms with van der Waals surface area (Å²) in [5.74, 6) is 0.0282. The van der Waals surface area contributed by atoms with Crippen molar-refractivity contribution in [2.75, 3.05) is 0 Å². The maximum absolute atomic E-state index is 10.9. The van der Waals surface area contributed by atoms with E-state index in [4.69, 9.17) is 5.11 Å². The van der Waals surface area contributed by atoms with E-state index >= 15 is 0 Å². The van der Waals surface area contributed by atoms with Gasteiger partial charge in [0.25, 0.3) is 0 Å². The van der Waals surface area contributed by atoms with Gasteiger partial charge in [-0.1, -0.05) is 26.2 Å². The van der Waals surface area contributed by atoms with Crippen LogP contribution in [0.3, 0.4) is 0 Å². The lowest BCUT2D eigenvalue weighted by Gasteiger charge is -2.34. The average molecular weight is 170 g/mol. The molecule has 0 unspecified atom stereocenters. The zero-order valence-corrected chi connectivity index (χ0v) is 7.97. The van der Waals surface area contributed by atoms with Crippen molar-refractivity contribution in [1.29, 1.82) is 0 Å². The summed E-state index contributed by atoms with van der Waals surface area (Å²) in [6, 6.07) is 0. The van der Waals surface area contributed by atoms with Gasteiger partial charge in [-0.25, -0.2) is 0 Å². The summed E-state index contributed by atoms with van der Waals surface area (Å²) in [6.07, 6.45) is 5.17. The summed E-state index contributed by atoms with van der Waals surface area (Å²) in [4.78, 5) is 10.9. The standard InChI is InChI=1S/C10H18O2/c1-3-8-5-4-6-10(2,7-8)9(11)12/h8H,3-7H2,1-2H3,(H,11,12)/t8-,10+/m1/s1. The maximum atomic E-state index is 10.9. The fourth-order valence-electron chi connectivity index (χ4n) is 2.16. The average Bonchev–Trinajstić information content (AvgIpc) is 2.04. The second-order valence-electron chi connectivity index (χ2n) is 4.24. The van der Waals surface area contributed by atoms with E-state index in [1.807, 2.05) is 6.92 Å². The lowest BCUT2D eigenvalue weighted by molar-refractivity contribution is -0.150. The summed E-state index contributed by atoms with van der Waals surface area (Å²) in [5.41, 5.74) is -0.432. The molecule has 0 saturated heterocycles. The molecule has 1 rings (SSSR count). The van der Waals surface area contributed by atoms with Gasteiger partial charge in [-0.2, -0.15) is 0 Å². The molecule has 2 atom stereocenters. The van der Waals surface area contributed by atoms with Gasteiger partial charge in [0.1, 0.15) is 0 Å². The molecule has 70 valence electrons. The Kier molecular flexibility index (Phi) is 2.76. The number of hydrogen-bond donors (Lipinski definition) is 1. The number of aliphatic carboxylic acids is 1. The third-order valence-corrected chi connectivity index (χ3v) is 3.17. The van der Waals surface area contributed by atoms with Gasteiger partial charge in [-0.15, -0.1) is 0 Å². The molecule has 0 aliphatic heterocycles. The fourth-order valence-corrected chi connectivity index (χ4v) is 2.16.